The van der Waals surface area contributed by atoms with E-state index in [9.17, 15) is 9.59 Å². The van der Waals surface area contributed by atoms with Crippen molar-refractivity contribution in [2.45, 2.75) is 70.4 Å². The average molecular weight is 253 g/mol. The van der Waals surface area contributed by atoms with E-state index in [-0.39, 0.29) is 17.4 Å². The van der Waals surface area contributed by atoms with Crippen molar-refractivity contribution < 1.29 is 14.3 Å². The number of amides is 1. The van der Waals surface area contributed by atoms with Crippen molar-refractivity contribution in [3.63, 3.8) is 0 Å². The molecule has 1 heterocycles. The molecule has 0 radical (unpaired) electrons. The van der Waals surface area contributed by atoms with Gasteiger partial charge in [0.2, 0.25) is 0 Å². The van der Waals surface area contributed by atoms with Gasteiger partial charge in [0.05, 0.1) is 5.54 Å². The molecule has 1 atom stereocenters. The quantitative estimate of drug-likeness (QED) is 0.667. The van der Waals surface area contributed by atoms with Gasteiger partial charge in [-0.1, -0.05) is 0 Å². The molecule has 1 aliphatic heterocycles. The lowest BCUT2D eigenvalue weighted by Crippen LogP contribution is -2.54. The number of Topliss-reactive ketones (excluding diaryl/α,β-unsaturated/α-hetero) is 1. The zero-order valence-corrected chi connectivity index (χ0v) is 11.6. The molecular weight excluding hydrogens is 230 g/mol. The summed E-state index contributed by atoms with van der Waals surface area (Å²) in [6.45, 7) is 6.35. The molecule has 1 amide bonds. The Morgan fingerprint density at radius 3 is 2.56 bits per heavy atom. The molecule has 2 fully saturated rings. The third-order valence-electron chi connectivity index (χ3n) is 3.86. The summed E-state index contributed by atoms with van der Waals surface area (Å²) in [6.07, 6.45) is 4.74. The van der Waals surface area contributed by atoms with Crippen molar-refractivity contribution >= 4 is 11.9 Å². The first kappa shape index (κ1) is 13.4. The van der Waals surface area contributed by atoms with E-state index in [0.717, 1.165) is 32.2 Å². The van der Waals surface area contributed by atoms with Crippen molar-refractivity contribution in [2.75, 3.05) is 6.54 Å². The Kier molecular flexibility index (Phi) is 3.39. The highest BCUT2D eigenvalue weighted by atomic mass is 16.6. The standard InChI is InChI=1S/C14H23NO3/c1-13(2,3)18-12(17)15-9-5-4-7-14(15)8-6-11(16)10-14/h4-10H2,1-3H3. The van der Waals surface area contributed by atoms with Crippen LogP contribution in [-0.4, -0.2) is 34.5 Å². The van der Waals surface area contributed by atoms with E-state index >= 15 is 0 Å². The van der Waals surface area contributed by atoms with Crippen molar-refractivity contribution in [1.29, 1.82) is 0 Å². The maximum atomic E-state index is 12.3. The Labute approximate surface area is 109 Å². The average Bonchev–Trinajstić information content (AvgIpc) is 2.58. The van der Waals surface area contributed by atoms with Gasteiger partial charge in [-0.05, 0) is 46.5 Å². The Bertz CT molecular complexity index is 359. The highest BCUT2D eigenvalue weighted by Gasteiger charge is 2.47. The van der Waals surface area contributed by atoms with Crippen molar-refractivity contribution in [3.8, 4) is 0 Å². The first-order valence-corrected chi connectivity index (χ1v) is 6.85. The minimum absolute atomic E-state index is 0.238. The van der Waals surface area contributed by atoms with Gasteiger partial charge in [0.15, 0.2) is 0 Å². The fourth-order valence-electron chi connectivity index (χ4n) is 3.06. The van der Waals surface area contributed by atoms with Crippen LogP contribution in [0.3, 0.4) is 0 Å². The number of rotatable bonds is 0. The topological polar surface area (TPSA) is 46.6 Å². The number of hydrogen-bond donors (Lipinski definition) is 0. The summed E-state index contributed by atoms with van der Waals surface area (Å²) in [6, 6.07) is 0. The number of carbonyl (C=O) groups is 2. The predicted octanol–water partition coefficient (Wildman–Crippen LogP) is 2.90. The summed E-state index contributed by atoms with van der Waals surface area (Å²) >= 11 is 0. The summed E-state index contributed by atoms with van der Waals surface area (Å²) in [5.74, 6) is 0.283. The number of piperidine rings is 1. The lowest BCUT2D eigenvalue weighted by molar-refractivity contribution is -0.118. The highest BCUT2D eigenvalue weighted by Crippen LogP contribution is 2.41. The van der Waals surface area contributed by atoms with Crippen molar-refractivity contribution in [3.05, 3.63) is 0 Å². The van der Waals surface area contributed by atoms with E-state index < -0.39 is 5.60 Å². The summed E-state index contributed by atoms with van der Waals surface area (Å²) in [5.41, 5.74) is -0.712. The van der Waals surface area contributed by atoms with Crippen LogP contribution in [0.1, 0.15) is 59.3 Å². The maximum absolute atomic E-state index is 12.3. The van der Waals surface area contributed by atoms with Gasteiger partial charge in [-0.25, -0.2) is 4.79 Å². The molecule has 102 valence electrons. The second-order valence-corrected chi connectivity index (χ2v) is 6.53. The molecule has 1 aliphatic carbocycles. The van der Waals surface area contributed by atoms with E-state index in [2.05, 4.69) is 0 Å². The molecule has 0 aromatic heterocycles. The fourth-order valence-corrected chi connectivity index (χ4v) is 3.06. The zero-order chi connectivity index (χ0) is 13.4. The van der Waals surface area contributed by atoms with E-state index in [4.69, 9.17) is 4.74 Å². The number of carbonyl (C=O) groups excluding carboxylic acids is 2. The molecule has 1 saturated carbocycles. The monoisotopic (exact) mass is 253 g/mol. The Morgan fingerprint density at radius 2 is 2.00 bits per heavy atom. The Balaban J connectivity index is 2.13. The van der Waals surface area contributed by atoms with Crippen LogP contribution < -0.4 is 0 Å². The minimum Gasteiger partial charge on any atom is -0.444 e. The van der Waals surface area contributed by atoms with Gasteiger partial charge in [-0.3, -0.25) is 4.79 Å². The summed E-state index contributed by atoms with van der Waals surface area (Å²) < 4.78 is 5.47. The Morgan fingerprint density at radius 1 is 1.28 bits per heavy atom. The molecule has 1 unspecified atom stereocenters. The molecule has 0 bridgehead atoms. The normalized spacial score (nSPS) is 28.8. The molecule has 0 N–H and O–H groups in total. The second kappa shape index (κ2) is 4.56. The van der Waals surface area contributed by atoms with Gasteiger partial charge < -0.3 is 9.64 Å². The number of hydrogen-bond acceptors (Lipinski definition) is 3. The molecule has 2 rings (SSSR count). The SMILES string of the molecule is CC(C)(C)OC(=O)N1CCCCC12CCC(=O)C2. The zero-order valence-electron chi connectivity index (χ0n) is 11.6. The van der Waals surface area contributed by atoms with Crippen LogP contribution in [-0.2, 0) is 9.53 Å². The van der Waals surface area contributed by atoms with Crippen LogP contribution in [0.15, 0.2) is 0 Å². The molecule has 18 heavy (non-hydrogen) atoms. The molecule has 1 saturated heterocycles. The van der Waals surface area contributed by atoms with Crippen molar-refractivity contribution in [2.24, 2.45) is 0 Å². The lowest BCUT2D eigenvalue weighted by atomic mass is 9.85. The first-order valence-electron chi connectivity index (χ1n) is 6.85. The minimum atomic E-state index is -0.474. The second-order valence-electron chi connectivity index (χ2n) is 6.53. The third-order valence-corrected chi connectivity index (χ3v) is 3.86. The van der Waals surface area contributed by atoms with E-state index in [0.29, 0.717) is 12.8 Å². The third kappa shape index (κ3) is 2.68. The highest BCUT2D eigenvalue weighted by molar-refractivity contribution is 5.83. The van der Waals surface area contributed by atoms with Crippen LogP contribution in [0.4, 0.5) is 4.79 Å². The van der Waals surface area contributed by atoms with Crippen LogP contribution in [0.5, 0.6) is 0 Å². The van der Waals surface area contributed by atoms with Gasteiger partial charge in [0.1, 0.15) is 11.4 Å². The molecular formula is C14H23NO3. The van der Waals surface area contributed by atoms with Crippen LogP contribution in [0.25, 0.3) is 0 Å². The Hall–Kier alpha value is -1.06. The predicted molar refractivity (Wildman–Crippen MR) is 68.4 cm³/mol. The van der Waals surface area contributed by atoms with Gasteiger partial charge in [0, 0.05) is 19.4 Å². The molecule has 2 aliphatic rings. The smallest absolute Gasteiger partial charge is 0.410 e. The van der Waals surface area contributed by atoms with Gasteiger partial charge in [-0.15, -0.1) is 0 Å². The molecule has 4 heteroatoms. The summed E-state index contributed by atoms with van der Waals surface area (Å²) in [4.78, 5) is 25.7. The number of likely N-dealkylation sites (tertiary alicyclic amines) is 1. The first-order chi connectivity index (χ1) is 8.32. The molecule has 0 aromatic carbocycles. The van der Waals surface area contributed by atoms with Crippen molar-refractivity contribution in [1.82, 2.24) is 4.90 Å². The van der Waals surface area contributed by atoms with Crippen LogP contribution >= 0.6 is 0 Å². The van der Waals surface area contributed by atoms with Gasteiger partial charge in [-0.2, -0.15) is 0 Å². The summed E-state index contributed by atoms with van der Waals surface area (Å²) in [7, 11) is 0. The van der Waals surface area contributed by atoms with E-state index in [1.165, 1.54) is 0 Å². The number of ether oxygens (including phenoxy) is 1. The maximum Gasteiger partial charge on any atom is 0.410 e. The molecule has 1 spiro atoms. The van der Waals surface area contributed by atoms with Crippen LogP contribution in [0, 0.1) is 0 Å². The molecule has 0 aromatic rings. The number of nitrogens with zero attached hydrogens (tertiary/aromatic N) is 1. The van der Waals surface area contributed by atoms with E-state index in [1.807, 2.05) is 25.7 Å². The summed E-state index contributed by atoms with van der Waals surface area (Å²) in [5, 5.41) is 0. The van der Waals surface area contributed by atoms with Crippen LogP contribution in [0.2, 0.25) is 0 Å². The number of ketones is 1. The molecule has 4 nitrogen and oxygen atoms in total. The fraction of sp³-hybridized carbons (Fsp3) is 0.857. The largest absolute Gasteiger partial charge is 0.444 e. The van der Waals surface area contributed by atoms with Gasteiger partial charge in [0.25, 0.3) is 0 Å². The van der Waals surface area contributed by atoms with E-state index in [1.54, 1.807) is 0 Å². The van der Waals surface area contributed by atoms with Gasteiger partial charge >= 0.3 is 6.09 Å². The lowest BCUT2D eigenvalue weighted by Gasteiger charge is -2.44.